The number of hydrogen-bond acceptors (Lipinski definition) is 6. The van der Waals surface area contributed by atoms with Gasteiger partial charge in [0, 0.05) is 29.9 Å². The predicted molar refractivity (Wildman–Crippen MR) is 127 cm³/mol. The quantitative estimate of drug-likeness (QED) is 0.416. The maximum absolute atomic E-state index is 14.7. The molecule has 0 aliphatic carbocycles. The van der Waals surface area contributed by atoms with Crippen molar-refractivity contribution in [2.24, 2.45) is 5.92 Å². The van der Waals surface area contributed by atoms with Gasteiger partial charge in [-0.2, -0.15) is 0 Å². The van der Waals surface area contributed by atoms with Gasteiger partial charge < -0.3 is 16.1 Å². The molecule has 5 rings (SSSR count). The summed E-state index contributed by atoms with van der Waals surface area (Å²) in [5.41, 5.74) is 9.00. The molecule has 1 aromatic carbocycles. The largest absolute Gasteiger partial charge is 0.383 e. The molecule has 0 spiro atoms. The van der Waals surface area contributed by atoms with E-state index in [1.807, 2.05) is 24.4 Å². The zero-order chi connectivity index (χ0) is 23.0. The van der Waals surface area contributed by atoms with Gasteiger partial charge in [-0.25, -0.2) is 19.2 Å². The normalized spacial score (nSPS) is 22.8. The molecule has 0 saturated carbocycles. The Labute approximate surface area is 195 Å². The first-order chi connectivity index (χ1) is 15.9. The summed E-state index contributed by atoms with van der Waals surface area (Å²) in [6, 6.07) is 7.83. The van der Waals surface area contributed by atoms with Gasteiger partial charge in [0.1, 0.15) is 11.6 Å². The third kappa shape index (κ3) is 4.26. The molecule has 2 aromatic heterocycles. The zero-order valence-electron chi connectivity index (χ0n) is 18.2. The lowest BCUT2D eigenvalue weighted by atomic mass is 9.84. The Morgan fingerprint density at radius 1 is 1.18 bits per heavy atom. The van der Waals surface area contributed by atoms with Gasteiger partial charge in [0.15, 0.2) is 0 Å². The highest BCUT2D eigenvalue weighted by Gasteiger charge is 2.39. The third-order valence-corrected chi connectivity index (χ3v) is 6.72. The Hall–Kier alpha value is -2.81. The number of hydrogen-bond donors (Lipinski definition) is 4. The minimum absolute atomic E-state index is 0.139. The molecule has 2 unspecified atom stereocenters. The third-order valence-electron chi connectivity index (χ3n) is 6.43. The molecule has 2 aliphatic heterocycles. The van der Waals surface area contributed by atoms with Crippen LogP contribution < -0.4 is 21.5 Å². The van der Waals surface area contributed by atoms with E-state index < -0.39 is 17.2 Å². The first kappa shape index (κ1) is 22.0. The van der Waals surface area contributed by atoms with Crippen LogP contribution in [0.5, 0.6) is 0 Å². The monoisotopic (exact) mass is 470 g/mol. The fourth-order valence-electron chi connectivity index (χ4n) is 4.53. The number of rotatable bonds is 5. The standard InChI is InChI=1S/C24H25ClF2N6/c1-24(16-8-18(25)20(27)9-19(16)26)17(13-31-33-24)21-4-5-22-23(32-21)7-15(12-30-22)29-11-14-3-2-6-28-10-14/h4-5,7-9,12-14,28-29,31,33H,2-3,6,10-11H2,1H3. The van der Waals surface area contributed by atoms with Gasteiger partial charge in [0.25, 0.3) is 0 Å². The van der Waals surface area contributed by atoms with Crippen LogP contribution in [0.15, 0.2) is 42.7 Å². The first-order valence-electron chi connectivity index (χ1n) is 11.0. The fourth-order valence-corrected chi connectivity index (χ4v) is 4.69. The number of anilines is 1. The van der Waals surface area contributed by atoms with Gasteiger partial charge in [0.05, 0.1) is 39.2 Å². The zero-order valence-corrected chi connectivity index (χ0v) is 18.9. The number of fused-ring (bicyclic) bond motifs is 1. The van der Waals surface area contributed by atoms with E-state index in [4.69, 9.17) is 16.6 Å². The Balaban J connectivity index is 1.44. The molecule has 2 aliphatic rings. The van der Waals surface area contributed by atoms with Crippen molar-refractivity contribution < 1.29 is 8.78 Å². The van der Waals surface area contributed by atoms with Crippen molar-refractivity contribution in [3.05, 3.63) is 70.6 Å². The summed E-state index contributed by atoms with van der Waals surface area (Å²) in [5.74, 6) is -0.891. The predicted octanol–water partition coefficient (Wildman–Crippen LogP) is 4.34. The van der Waals surface area contributed by atoms with Crippen molar-refractivity contribution in [1.82, 2.24) is 26.1 Å². The molecule has 0 radical (unpaired) electrons. The van der Waals surface area contributed by atoms with E-state index in [2.05, 4.69) is 26.5 Å². The van der Waals surface area contributed by atoms with Crippen molar-refractivity contribution in [1.29, 1.82) is 0 Å². The number of benzene rings is 1. The first-order valence-corrected chi connectivity index (χ1v) is 11.4. The van der Waals surface area contributed by atoms with E-state index in [-0.39, 0.29) is 10.6 Å². The summed E-state index contributed by atoms with van der Waals surface area (Å²) in [5, 5.41) is 6.77. The van der Waals surface area contributed by atoms with Crippen LogP contribution in [0.4, 0.5) is 14.5 Å². The molecule has 1 saturated heterocycles. The van der Waals surface area contributed by atoms with E-state index in [1.54, 1.807) is 13.1 Å². The van der Waals surface area contributed by atoms with Gasteiger partial charge in [-0.3, -0.25) is 4.98 Å². The SMILES string of the molecule is CC1(c2cc(Cl)c(F)cc2F)NNC=C1c1ccc2ncc(NCC3CCCNC3)cc2n1. The summed E-state index contributed by atoms with van der Waals surface area (Å²) < 4.78 is 28.5. The second-order valence-corrected chi connectivity index (χ2v) is 9.16. The summed E-state index contributed by atoms with van der Waals surface area (Å²) in [7, 11) is 0. The van der Waals surface area contributed by atoms with Gasteiger partial charge >= 0.3 is 0 Å². The number of hydrazine groups is 1. The Bertz CT molecular complexity index is 1230. The van der Waals surface area contributed by atoms with Crippen molar-refractivity contribution in [2.45, 2.75) is 25.3 Å². The van der Waals surface area contributed by atoms with Crippen LogP contribution in [-0.4, -0.2) is 29.6 Å². The molecule has 0 amide bonds. The molecule has 4 N–H and O–H groups in total. The van der Waals surface area contributed by atoms with Gasteiger partial charge in [-0.05, 0) is 63.0 Å². The van der Waals surface area contributed by atoms with Gasteiger partial charge in [-0.15, -0.1) is 0 Å². The Morgan fingerprint density at radius 3 is 2.88 bits per heavy atom. The number of nitrogens with one attached hydrogen (secondary N) is 4. The molecule has 0 bridgehead atoms. The topological polar surface area (TPSA) is 73.9 Å². The number of halogens is 3. The van der Waals surface area contributed by atoms with Crippen LogP contribution in [0.1, 0.15) is 31.0 Å². The van der Waals surface area contributed by atoms with Crippen LogP contribution in [-0.2, 0) is 5.54 Å². The summed E-state index contributed by atoms with van der Waals surface area (Å²) in [4.78, 5) is 9.34. The lowest BCUT2D eigenvalue weighted by molar-refractivity contribution is 0.393. The van der Waals surface area contributed by atoms with Gasteiger partial charge in [-0.1, -0.05) is 11.6 Å². The van der Waals surface area contributed by atoms with Crippen LogP contribution in [0.2, 0.25) is 5.02 Å². The molecule has 3 aromatic rings. The number of pyridine rings is 2. The second kappa shape index (κ2) is 8.85. The average molecular weight is 471 g/mol. The van der Waals surface area contributed by atoms with Crippen LogP contribution in [0, 0.1) is 17.6 Å². The summed E-state index contributed by atoms with van der Waals surface area (Å²) in [6.45, 7) is 4.79. The van der Waals surface area contributed by atoms with E-state index in [0.717, 1.165) is 42.4 Å². The Morgan fingerprint density at radius 2 is 2.06 bits per heavy atom. The number of aromatic nitrogens is 2. The van der Waals surface area contributed by atoms with Crippen LogP contribution >= 0.6 is 11.6 Å². The molecule has 172 valence electrons. The average Bonchev–Trinajstić information content (AvgIpc) is 3.22. The Kier molecular flexibility index (Phi) is 5.90. The molecule has 9 heteroatoms. The van der Waals surface area contributed by atoms with E-state index in [0.29, 0.717) is 17.2 Å². The van der Waals surface area contributed by atoms with Crippen LogP contribution in [0.25, 0.3) is 16.6 Å². The van der Waals surface area contributed by atoms with Crippen molar-refractivity contribution >= 4 is 33.9 Å². The van der Waals surface area contributed by atoms with E-state index in [9.17, 15) is 8.78 Å². The minimum Gasteiger partial charge on any atom is -0.383 e. The maximum Gasteiger partial charge on any atom is 0.144 e. The highest BCUT2D eigenvalue weighted by atomic mass is 35.5. The molecule has 2 atom stereocenters. The lowest BCUT2D eigenvalue weighted by Crippen LogP contribution is -2.41. The molecule has 6 nitrogen and oxygen atoms in total. The summed E-state index contributed by atoms with van der Waals surface area (Å²) in [6.07, 6.45) is 5.96. The molecule has 4 heterocycles. The molecular weight excluding hydrogens is 446 g/mol. The van der Waals surface area contributed by atoms with Crippen molar-refractivity contribution in [3.63, 3.8) is 0 Å². The minimum atomic E-state index is -1.00. The van der Waals surface area contributed by atoms with E-state index >= 15 is 0 Å². The van der Waals surface area contributed by atoms with Crippen LogP contribution in [0.3, 0.4) is 0 Å². The maximum atomic E-state index is 14.7. The molecule has 1 fully saturated rings. The molecular formula is C24H25ClF2N6. The second-order valence-electron chi connectivity index (χ2n) is 8.75. The highest BCUT2D eigenvalue weighted by molar-refractivity contribution is 6.30. The summed E-state index contributed by atoms with van der Waals surface area (Å²) >= 11 is 5.96. The molecule has 33 heavy (non-hydrogen) atoms. The van der Waals surface area contributed by atoms with Gasteiger partial charge in [0.2, 0.25) is 0 Å². The number of piperidine rings is 1. The van der Waals surface area contributed by atoms with Crippen molar-refractivity contribution in [2.75, 3.05) is 25.0 Å². The lowest BCUT2D eigenvalue weighted by Gasteiger charge is -2.28. The van der Waals surface area contributed by atoms with Crippen molar-refractivity contribution in [3.8, 4) is 0 Å². The highest BCUT2D eigenvalue weighted by Crippen LogP contribution is 2.40. The van der Waals surface area contributed by atoms with E-state index in [1.165, 1.54) is 18.9 Å². The fraction of sp³-hybridized carbons (Fsp3) is 0.333. The smallest absolute Gasteiger partial charge is 0.144 e. The number of nitrogens with zero attached hydrogens (tertiary/aromatic N) is 2.